The second kappa shape index (κ2) is 5.69. The Morgan fingerprint density at radius 3 is 2.53 bits per heavy atom. The average molecular weight is 265 g/mol. The number of hydrogen-bond donors (Lipinski definition) is 3. The van der Waals surface area contributed by atoms with Crippen LogP contribution in [0.25, 0.3) is 0 Å². The molecule has 104 valence electrons. The van der Waals surface area contributed by atoms with Crippen LogP contribution in [0.5, 0.6) is 11.5 Å². The van der Waals surface area contributed by atoms with E-state index in [-0.39, 0.29) is 12.5 Å². The number of carbonyl (C=O) groups is 1. The first kappa shape index (κ1) is 13.3. The zero-order chi connectivity index (χ0) is 13.8. The lowest BCUT2D eigenvalue weighted by Crippen LogP contribution is -2.31. The van der Waals surface area contributed by atoms with Gasteiger partial charge in [0.15, 0.2) is 11.5 Å². The third-order valence-electron chi connectivity index (χ3n) is 2.94. The van der Waals surface area contributed by atoms with Crippen LogP contribution in [0.2, 0.25) is 0 Å². The van der Waals surface area contributed by atoms with Crippen molar-refractivity contribution in [3.05, 3.63) is 12.1 Å². The maximum atomic E-state index is 11.6. The summed E-state index contributed by atoms with van der Waals surface area (Å²) in [6.45, 7) is 0.191. The van der Waals surface area contributed by atoms with E-state index in [2.05, 4.69) is 10.6 Å². The summed E-state index contributed by atoms with van der Waals surface area (Å²) < 4.78 is 10.3. The third kappa shape index (κ3) is 3.43. The van der Waals surface area contributed by atoms with Crippen molar-refractivity contribution in [1.82, 2.24) is 5.32 Å². The van der Waals surface area contributed by atoms with E-state index in [1.165, 1.54) is 0 Å². The van der Waals surface area contributed by atoms with E-state index in [0.717, 1.165) is 12.8 Å². The molecule has 0 radical (unpaired) electrons. The van der Waals surface area contributed by atoms with E-state index in [0.29, 0.717) is 28.9 Å². The molecule has 2 rings (SSSR count). The van der Waals surface area contributed by atoms with Gasteiger partial charge in [-0.15, -0.1) is 0 Å². The summed E-state index contributed by atoms with van der Waals surface area (Å²) in [6.07, 6.45) is 2.15. The number of benzene rings is 1. The monoisotopic (exact) mass is 265 g/mol. The number of nitrogens with two attached hydrogens (primary N) is 1. The lowest BCUT2D eigenvalue weighted by atomic mass is 10.2. The van der Waals surface area contributed by atoms with Crippen LogP contribution in [0.3, 0.4) is 0 Å². The molecule has 1 aliphatic rings. The fourth-order valence-corrected chi connectivity index (χ4v) is 1.73. The maximum Gasteiger partial charge on any atom is 0.239 e. The number of ether oxygens (including phenoxy) is 2. The molecule has 0 bridgehead atoms. The molecular formula is C13H19N3O3. The SMILES string of the molecule is COc1cc(N)c(NCC(=O)NC2CC2)cc1OC. The summed E-state index contributed by atoms with van der Waals surface area (Å²) >= 11 is 0. The first-order valence-corrected chi connectivity index (χ1v) is 6.18. The highest BCUT2D eigenvalue weighted by atomic mass is 16.5. The number of rotatable bonds is 6. The average Bonchev–Trinajstić information content (AvgIpc) is 3.20. The molecule has 0 atom stereocenters. The molecule has 1 saturated carbocycles. The predicted molar refractivity (Wildman–Crippen MR) is 73.6 cm³/mol. The van der Waals surface area contributed by atoms with Crippen molar-refractivity contribution in [3.63, 3.8) is 0 Å². The van der Waals surface area contributed by atoms with Gasteiger partial charge in [-0.3, -0.25) is 4.79 Å². The number of methoxy groups -OCH3 is 2. The molecule has 4 N–H and O–H groups in total. The van der Waals surface area contributed by atoms with Crippen LogP contribution in [0.4, 0.5) is 11.4 Å². The summed E-state index contributed by atoms with van der Waals surface area (Å²) in [5.41, 5.74) is 7.06. The molecule has 1 fully saturated rings. The lowest BCUT2D eigenvalue weighted by Gasteiger charge is -2.14. The number of nitrogens with one attached hydrogen (secondary N) is 2. The molecule has 0 aliphatic heterocycles. The first-order valence-electron chi connectivity index (χ1n) is 6.18. The van der Waals surface area contributed by atoms with E-state index in [4.69, 9.17) is 15.2 Å². The van der Waals surface area contributed by atoms with E-state index in [1.54, 1.807) is 26.4 Å². The summed E-state index contributed by atoms with van der Waals surface area (Å²) in [4.78, 5) is 11.6. The van der Waals surface area contributed by atoms with Gasteiger partial charge < -0.3 is 25.8 Å². The van der Waals surface area contributed by atoms with Crippen LogP contribution in [-0.4, -0.2) is 32.7 Å². The lowest BCUT2D eigenvalue weighted by molar-refractivity contribution is -0.119. The van der Waals surface area contributed by atoms with Gasteiger partial charge in [0.05, 0.1) is 32.1 Å². The van der Waals surface area contributed by atoms with Crippen LogP contribution in [0, 0.1) is 0 Å². The van der Waals surface area contributed by atoms with Gasteiger partial charge in [-0.05, 0) is 12.8 Å². The highest BCUT2D eigenvalue weighted by Crippen LogP contribution is 2.34. The fraction of sp³-hybridized carbons (Fsp3) is 0.462. The topological polar surface area (TPSA) is 85.6 Å². The van der Waals surface area contributed by atoms with Crippen LogP contribution in [0.1, 0.15) is 12.8 Å². The van der Waals surface area contributed by atoms with Crippen LogP contribution >= 0.6 is 0 Å². The van der Waals surface area contributed by atoms with E-state index >= 15 is 0 Å². The van der Waals surface area contributed by atoms with Crippen molar-refractivity contribution in [1.29, 1.82) is 0 Å². The van der Waals surface area contributed by atoms with Crippen molar-refractivity contribution in [2.24, 2.45) is 0 Å². The summed E-state index contributed by atoms with van der Waals surface area (Å²) in [5, 5.41) is 5.90. The van der Waals surface area contributed by atoms with Gasteiger partial charge >= 0.3 is 0 Å². The third-order valence-corrected chi connectivity index (χ3v) is 2.94. The second-order valence-corrected chi connectivity index (χ2v) is 4.49. The molecule has 1 amide bonds. The molecule has 1 aliphatic carbocycles. The van der Waals surface area contributed by atoms with Gasteiger partial charge in [0.2, 0.25) is 5.91 Å². The highest BCUT2D eigenvalue weighted by Gasteiger charge is 2.23. The molecule has 0 spiro atoms. The second-order valence-electron chi connectivity index (χ2n) is 4.49. The van der Waals surface area contributed by atoms with E-state index < -0.39 is 0 Å². The number of carbonyl (C=O) groups excluding carboxylic acids is 1. The number of amides is 1. The van der Waals surface area contributed by atoms with E-state index in [1.807, 2.05) is 0 Å². The molecule has 0 saturated heterocycles. The Hall–Kier alpha value is -2.11. The number of hydrogen-bond acceptors (Lipinski definition) is 5. The molecule has 0 heterocycles. The van der Waals surface area contributed by atoms with E-state index in [9.17, 15) is 4.79 Å². The predicted octanol–water partition coefficient (Wildman–Crippen LogP) is 0.976. The molecule has 1 aromatic rings. The Bertz CT molecular complexity index is 472. The molecule has 19 heavy (non-hydrogen) atoms. The van der Waals surface area contributed by atoms with Crippen molar-refractivity contribution >= 4 is 17.3 Å². The van der Waals surface area contributed by atoms with Gasteiger partial charge in [0.1, 0.15) is 0 Å². The van der Waals surface area contributed by atoms with Crippen LogP contribution < -0.4 is 25.8 Å². The number of anilines is 2. The Labute approximate surface area is 112 Å². The summed E-state index contributed by atoms with van der Waals surface area (Å²) in [6, 6.07) is 3.75. The first-order chi connectivity index (χ1) is 9.13. The van der Waals surface area contributed by atoms with Crippen LogP contribution in [-0.2, 0) is 4.79 Å². The van der Waals surface area contributed by atoms with Gasteiger partial charge in [-0.25, -0.2) is 0 Å². The minimum Gasteiger partial charge on any atom is -0.493 e. The quantitative estimate of drug-likeness (QED) is 0.667. The fourth-order valence-electron chi connectivity index (χ4n) is 1.73. The van der Waals surface area contributed by atoms with Crippen molar-refractivity contribution in [3.8, 4) is 11.5 Å². The zero-order valence-electron chi connectivity index (χ0n) is 11.2. The smallest absolute Gasteiger partial charge is 0.239 e. The van der Waals surface area contributed by atoms with Crippen molar-refractivity contribution < 1.29 is 14.3 Å². The summed E-state index contributed by atoms with van der Waals surface area (Å²) in [7, 11) is 3.10. The zero-order valence-corrected chi connectivity index (χ0v) is 11.2. The Morgan fingerprint density at radius 1 is 1.32 bits per heavy atom. The Kier molecular flexibility index (Phi) is 3.99. The van der Waals surface area contributed by atoms with Crippen LogP contribution in [0.15, 0.2) is 12.1 Å². The Morgan fingerprint density at radius 2 is 1.95 bits per heavy atom. The van der Waals surface area contributed by atoms with Gasteiger partial charge in [0, 0.05) is 18.2 Å². The Balaban J connectivity index is 2.00. The maximum absolute atomic E-state index is 11.6. The standard InChI is InChI=1S/C13H19N3O3/c1-18-11-5-9(14)10(6-12(11)19-2)15-7-13(17)16-8-3-4-8/h5-6,8,15H,3-4,7,14H2,1-2H3,(H,16,17). The minimum absolute atomic E-state index is 0.0308. The minimum atomic E-state index is -0.0308. The molecule has 6 nitrogen and oxygen atoms in total. The van der Waals surface area contributed by atoms with Gasteiger partial charge in [-0.1, -0.05) is 0 Å². The molecule has 0 aromatic heterocycles. The molecule has 6 heteroatoms. The van der Waals surface area contributed by atoms with Gasteiger partial charge in [-0.2, -0.15) is 0 Å². The normalized spacial score (nSPS) is 13.8. The number of nitrogen functional groups attached to an aromatic ring is 1. The van der Waals surface area contributed by atoms with Crippen molar-refractivity contribution in [2.75, 3.05) is 31.8 Å². The molecule has 1 aromatic carbocycles. The highest BCUT2D eigenvalue weighted by molar-refractivity contribution is 5.83. The molecular weight excluding hydrogens is 246 g/mol. The van der Waals surface area contributed by atoms with Crippen molar-refractivity contribution in [2.45, 2.75) is 18.9 Å². The largest absolute Gasteiger partial charge is 0.493 e. The van der Waals surface area contributed by atoms with Gasteiger partial charge in [0.25, 0.3) is 0 Å². The molecule has 0 unspecified atom stereocenters. The summed E-state index contributed by atoms with van der Waals surface area (Å²) in [5.74, 6) is 1.10.